The van der Waals surface area contributed by atoms with Crippen LogP contribution in [-0.2, 0) is 0 Å². The van der Waals surface area contributed by atoms with Gasteiger partial charge in [0.2, 0.25) is 0 Å². The van der Waals surface area contributed by atoms with Gasteiger partial charge in [0, 0.05) is 0 Å². The number of nitrogens with one attached hydrogen (secondary N) is 1. The average Bonchev–Trinajstić information content (AvgIpc) is 2.15. The Labute approximate surface area is 88.9 Å². The van der Waals surface area contributed by atoms with E-state index in [1.807, 2.05) is 30.3 Å². The molecule has 0 aliphatic carbocycles. The summed E-state index contributed by atoms with van der Waals surface area (Å²) in [6.07, 6.45) is -1.04. The highest BCUT2D eigenvalue weighted by atomic mass is 16.5. The number of benzene rings is 1. The van der Waals surface area contributed by atoms with Gasteiger partial charge in [0.05, 0.1) is 5.54 Å². The Balaban J connectivity index is 2.46. The summed E-state index contributed by atoms with van der Waals surface area (Å²) in [5, 5.41) is 11.0. The zero-order valence-corrected chi connectivity index (χ0v) is 8.86. The van der Waals surface area contributed by atoms with E-state index in [1.54, 1.807) is 13.8 Å². The second-order valence-corrected chi connectivity index (χ2v) is 3.92. The molecule has 1 aromatic carbocycles. The first-order chi connectivity index (χ1) is 6.99. The van der Waals surface area contributed by atoms with E-state index in [4.69, 9.17) is 9.84 Å². The first-order valence-corrected chi connectivity index (χ1v) is 4.68. The van der Waals surface area contributed by atoms with Gasteiger partial charge < -0.3 is 15.2 Å². The second-order valence-electron chi connectivity index (χ2n) is 3.92. The molecule has 0 bridgehead atoms. The van der Waals surface area contributed by atoms with Gasteiger partial charge in [-0.05, 0) is 26.0 Å². The van der Waals surface area contributed by atoms with E-state index in [1.165, 1.54) is 0 Å². The van der Waals surface area contributed by atoms with Gasteiger partial charge in [0.15, 0.2) is 0 Å². The number of carbonyl (C=O) groups is 1. The van der Waals surface area contributed by atoms with Crippen molar-refractivity contribution in [2.24, 2.45) is 0 Å². The molecule has 0 radical (unpaired) electrons. The molecule has 0 unspecified atom stereocenters. The van der Waals surface area contributed by atoms with E-state index in [9.17, 15) is 4.79 Å². The molecule has 0 saturated heterocycles. The van der Waals surface area contributed by atoms with E-state index in [-0.39, 0.29) is 0 Å². The van der Waals surface area contributed by atoms with Crippen molar-refractivity contribution in [3.63, 3.8) is 0 Å². The summed E-state index contributed by atoms with van der Waals surface area (Å²) in [5.41, 5.74) is -0.596. The highest BCUT2D eigenvalue weighted by Crippen LogP contribution is 2.11. The largest absolute Gasteiger partial charge is 0.491 e. The van der Waals surface area contributed by atoms with Crippen LogP contribution in [0.5, 0.6) is 5.75 Å². The molecule has 1 rings (SSSR count). The lowest BCUT2D eigenvalue weighted by atomic mass is 10.1. The Morgan fingerprint density at radius 1 is 1.40 bits per heavy atom. The summed E-state index contributed by atoms with van der Waals surface area (Å²) >= 11 is 0. The summed E-state index contributed by atoms with van der Waals surface area (Å²) in [7, 11) is 0. The maximum absolute atomic E-state index is 10.5. The molecular formula is C11H15NO3. The fraction of sp³-hybridized carbons (Fsp3) is 0.364. The van der Waals surface area contributed by atoms with Gasteiger partial charge >= 0.3 is 6.09 Å². The van der Waals surface area contributed by atoms with Crippen molar-refractivity contribution in [1.29, 1.82) is 0 Å². The van der Waals surface area contributed by atoms with Crippen molar-refractivity contribution in [2.75, 3.05) is 6.61 Å². The first-order valence-electron chi connectivity index (χ1n) is 4.68. The van der Waals surface area contributed by atoms with Crippen LogP contribution in [0.2, 0.25) is 0 Å². The molecule has 0 fully saturated rings. The highest BCUT2D eigenvalue weighted by molar-refractivity contribution is 5.65. The molecular weight excluding hydrogens is 194 g/mol. The van der Waals surface area contributed by atoms with Crippen molar-refractivity contribution in [3.8, 4) is 5.75 Å². The Morgan fingerprint density at radius 2 is 2.00 bits per heavy atom. The van der Waals surface area contributed by atoms with Crippen LogP contribution in [0.1, 0.15) is 13.8 Å². The maximum atomic E-state index is 10.5. The normalized spacial score (nSPS) is 10.8. The lowest BCUT2D eigenvalue weighted by Crippen LogP contribution is -2.47. The van der Waals surface area contributed by atoms with Gasteiger partial charge in [-0.25, -0.2) is 4.79 Å². The third-order valence-corrected chi connectivity index (χ3v) is 1.79. The number of rotatable bonds is 4. The molecule has 4 nitrogen and oxygen atoms in total. The minimum Gasteiger partial charge on any atom is -0.491 e. The van der Waals surface area contributed by atoms with Gasteiger partial charge in [-0.3, -0.25) is 0 Å². The van der Waals surface area contributed by atoms with Crippen LogP contribution in [0.15, 0.2) is 30.3 Å². The zero-order valence-electron chi connectivity index (χ0n) is 8.86. The van der Waals surface area contributed by atoms with Gasteiger partial charge in [-0.2, -0.15) is 0 Å². The van der Waals surface area contributed by atoms with Crippen LogP contribution < -0.4 is 10.1 Å². The molecule has 1 aromatic rings. The highest BCUT2D eigenvalue weighted by Gasteiger charge is 2.20. The predicted molar refractivity (Wildman–Crippen MR) is 57.2 cm³/mol. The van der Waals surface area contributed by atoms with Crippen LogP contribution in [0.4, 0.5) is 4.79 Å². The molecule has 0 spiro atoms. The standard InChI is InChI=1S/C11H15NO3/c1-11(2,12-10(13)14)8-15-9-6-4-3-5-7-9/h3-7,12H,8H2,1-2H3,(H,13,14). The minimum absolute atomic E-state index is 0.295. The van der Waals surface area contributed by atoms with Gasteiger partial charge in [-0.15, -0.1) is 0 Å². The summed E-state index contributed by atoms with van der Waals surface area (Å²) in [6.45, 7) is 3.83. The molecule has 82 valence electrons. The molecule has 0 heterocycles. The quantitative estimate of drug-likeness (QED) is 0.798. The molecule has 15 heavy (non-hydrogen) atoms. The van der Waals surface area contributed by atoms with Crippen molar-refractivity contribution in [3.05, 3.63) is 30.3 Å². The first kappa shape index (κ1) is 11.4. The van der Waals surface area contributed by atoms with Crippen molar-refractivity contribution in [1.82, 2.24) is 5.32 Å². The number of amides is 1. The maximum Gasteiger partial charge on any atom is 0.405 e. The van der Waals surface area contributed by atoms with Crippen LogP contribution in [0, 0.1) is 0 Å². The van der Waals surface area contributed by atoms with E-state index in [0.29, 0.717) is 6.61 Å². The van der Waals surface area contributed by atoms with E-state index >= 15 is 0 Å². The smallest absolute Gasteiger partial charge is 0.405 e. The van der Waals surface area contributed by atoms with Crippen LogP contribution in [0.25, 0.3) is 0 Å². The molecule has 1 amide bonds. The number of ether oxygens (including phenoxy) is 1. The van der Waals surface area contributed by atoms with E-state index < -0.39 is 11.6 Å². The summed E-state index contributed by atoms with van der Waals surface area (Å²) in [6, 6.07) is 9.29. The summed E-state index contributed by atoms with van der Waals surface area (Å²) < 4.78 is 5.45. The molecule has 0 aliphatic heterocycles. The molecule has 0 aromatic heterocycles. The van der Waals surface area contributed by atoms with Crippen molar-refractivity contribution >= 4 is 6.09 Å². The third-order valence-electron chi connectivity index (χ3n) is 1.79. The molecule has 0 aliphatic rings. The molecule has 2 N–H and O–H groups in total. The average molecular weight is 209 g/mol. The number of para-hydroxylation sites is 1. The lowest BCUT2D eigenvalue weighted by molar-refractivity contribution is 0.162. The zero-order chi connectivity index (χ0) is 11.3. The van der Waals surface area contributed by atoms with Crippen LogP contribution >= 0.6 is 0 Å². The van der Waals surface area contributed by atoms with Crippen LogP contribution in [0.3, 0.4) is 0 Å². The molecule has 0 atom stereocenters. The molecule has 0 saturated carbocycles. The van der Waals surface area contributed by atoms with Gasteiger partial charge in [-0.1, -0.05) is 18.2 Å². The van der Waals surface area contributed by atoms with E-state index in [2.05, 4.69) is 5.32 Å². The third kappa shape index (κ3) is 4.35. The number of hydrogen-bond donors (Lipinski definition) is 2. The summed E-state index contributed by atoms with van der Waals surface area (Å²) in [4.78, 5) is 10.5. The predicted octanol–water partition coefficient (Wildman–Crippen LogP) is 2.11. The van der Waals surface area contributed by atoms with E-state index in [0.717, 1.165) is 5.75 Å². The Kier molecular flexibility index (Phi) is 3.55. The van der Waals surface area contributed by atoms with Crippen molar-refractivity contribution < 1.29 is 14.6 Å². The van der Waals surface area contributed by atoms with Gasteiger partial charge in [0.1, 0.15) is 12.4 Å². The van der Waals surface area contributed by atoms with Crippen molar-refractivity contribution in [2.45, 2.75) is 19.4 Å². The minimum atomic E-state index is -1.04. The SMILES string of the molecule is CC(C)(COc1ccccc1)NC(=O)O. The molecule has 4 heteroatoms. The topological polar surface area (TPSA) is 58.6 Å². The monoisotopic (exact) mass is 209 g/mol. The fourth-order valence-electron chi connectivity index (χ4n) is 1.11. The number of hydrogen-bond acceptors (Lipinski definition) is 2. The lowest BCUT2D eigenvalue weighted by Gasteiger charge is -2.24. The summed E-state index contributed by atoms with van der Waals surface area (Å²) in [5.74, 6) is 0.734. The number of carboxylic acid groups (broad SMARTS) is 1. The fourth-order valence-corrected chi connectivity index (χ4v) is 1.11. The van der Waals surface area contributed by atoms with Gasteiger partial charge in [0.25, 0.3) is 0 Å². The second kappa shape index (κ2) is 4.68. The Hall–Kier alpha value is -1.71. The Bertz CT molecular complexity index is 322. The van der Waals surface area contributed by atoms with Crippen LogP contribution in [-0.4, -0.2) is 23.3 Å². The Morgan fingerprint density at radius 3 is 2.53 bits per heavy atom.